The summed E-state index contributed by atoms with van der Waals surface area (Å²) in [6.45, 7) is 1.51. The molecule has 4 aromatic rings. The number of ether oxygens (including phenoxy) is 1. The predicted octanol–water partition coefficient (Wildman–Crippen LogP) is 4.78. The van der Waals surface area contributed by atoms with Crippen molar-refractivity contribution in [1.82, 2.24) is 20.1 Å². The molecule has 0 N–H and O–H groups in total. The number of thioether (sulfide) groups is 1. The number of thiazole rings is 1. The Morgan fingerprint density at radius 3 is 2.70 bits per heavy atom. The van der Waals surface area contributed by atoms with E-state index in [1.807, 2.05) is 35.2 Å². The van der Waals surface area contributed by atoms with Crippen molar-refractivity contribution in [3.63, 3.8) is 0 Å². The molecule has 1 aliphatic rings. The van der Waals surface area contributed by atoms with Gasteiger partial charge in [-0.05, 0) is 42.7 Å². The highest BCUT2D eigenvalue weighted by atomic mass is 32.2. The second-order valence-electron chi connectivity index (χ2n) is 7.95. The fraction of sp³-hybridized carbons (Fsp3) is 0.333. The molecule has 0 bridgehead atoms. The average Bonchev–Trinajstić information content (AvgIpc) is 3.50. The first kappa shape index (κ1) is 21.9. The van der Waals surface area contributed by atoms with Crippen LogP contribution in [-0.2, 0) is 11.2 Å². The van der Waals surface area contributed by atoms with Crippen LogP contribution in [0, 0.1) is 0 Å². The minimum Gasteiger partial charge on any atom is -0.497 e. The summed E-state index contributed by atoms with van der Waals surface area (Å²) in [6.07, 6.45) is 2.44. The highest BCUT2D eigenvalue weighted by molar-refractivity contribution is 7.99. The Labute approximate surface area is 200 Å². The van der Waals surface area contributed by atoms with Crippen LogP contribution in [0.25, 0.3) is 10.2 Å². The molecule has 1 amide bonds. The molecular formula is C24H24N4O3S2. The number of carbonyl (C=O) groups excluding carboxylic acids is 1. The van der Waals surface area contributed by atoms with Crippen molar-refractivity contribution < 1.29 is 13.9 Å². The number of benzene rings is 2. The smallest absolute Gasteiger partial charge is 0.277 e. The zero-order valence-electron chi connectivity index (χ0n) is 18.3. The van der Waals surface area contributed by atoms with Crippen LogP contribution in [0.3, 0.4) is 0 Å². The van der Waals surface area contributed by atoms with Crippen LogP contribution in [0.15, 0.2) is 58.2 Å². The van der Waals surface area contributed by atoms with Gasteiger partial charge in [-0.3, -0.25) is 4.79 Å². The number of likely N-dealkylation sites (tertiary alicyclic amines) is 1. The second-order valence-corrected chi connectivity index (χ2v) is 9.94. The topological polar surface area (TPSA) is 81.4 Å². The fourth-order valence-electron chi connectivity index (χ4n) is 3.94. The summed E-state index contributed by atoms with van der Waals surface area (Å²) < 4.78 is 12.1. The quantitative estimate of drug-likeness (QED) is 0.352. The number of para-hydroxylation sites is 1. The average molecular weight is 481 g/mol. The molecule has 3 heterocycles. The Hall–Kier alpha value is -2.91. The normalized spacial score (nSPS) is 14.6. The molecule has 0 atom stereocenters. The van der Waals surface area contributed by atoms with Crippen LogP contribution >= 0.6 is 23.1 Å². The molecule has 1 aliphatic heterocycles. The van der Waals surface area contributed by atoms with E-state index in [1.54, 1.807) is 18.4 Å². The van der Waals surface area contributed by atoms with Crippen LogP contribution in [0.4, 0.5) is 0 Å². The van der Waals surface area contributed by atoms with E-state index in [9.17, 15) is 4.79 Å². The summed E-state index contributed by atoms with van der Waals surface area (Å²) in [5.74, 6) is 2.18. The molecule has 1 saturated heterocycles. The first-order chi connectivity index (χ1) is 16.2. The highest BCUT2D eigenvalue weighted by Crippen LogP contribution is 2.34. The molecule has 0 unspecified atom stereocenters. The number of piperidine rings is 1. The minimum absolute atomic E-state index is 0.109. The van der Waals surface area contributed by atoms with Crippen LogP contribution in [0.5, 0.6) is 5.75 Å². The lowest BCUT2D eigenvalue weighted by Gasteiger charge is -2.31. The van der Waals surface area contributed by atoms with Crippen molar-refractivity contribution in [3.8, 4) is 5.75 Å². The lowest BCUT2D eigenvalue weighted by atomic mass is 9.97. The standard InChI is InChI=1S/C24H24N4O3S2/c1-30-18-8-6-16(7-9-18)14-21-26-27-24(31-21)32-15-22(29)28-12-10-17(11-13-28)23-25-19-4-2-3-5-20(19)33-23/h2-9,17H,10-15H2,1H3. The van der Waals surface area contributed by atoms with Crippen LogP contribution in [0.2, 0.25) is 0 Å². The number of fused-ring (bicyclic) bond motifs is 1. The number of nitrogens with zero attached hydrogens (tertiary/aromatic N) is 4. The van der Waals surface area contributed by atoms with E-state index < -0.39 is 0 Å². The Morgan fingerprint density at radius 2 is 1.94 bits per heavy atom. The maximum atomic E-state index is 12.7. The van der Waals surface area contributed by atoms with Gasteiger partial charge in [0.1, 0.15) is 5.75 Å². The van der Waals surface area contributed by atoms with E-state index in [2.05, 4.69) is 28.4 Å². The van der Waals surface area contributed by atoms with Crippen LogP contribution in [0.1, 0.15) is 35.2 Å². The first-order valence-electron chi connectivity index (χ1n) is 10.9. The number of carbonyl (C=O) groups is 1. The van der Waals surface area contributed by atoms with E-state index in [-0.39, 0.29) is 5.91 Å². The van der Waals surface area contributed by atoms with Crippen molar-refractivity contribution in [2.24, 2.45) is 0 Å². The zero-order chi connectivity index (χ0) is 22.6. The van der Waals surface area contributed by atoms with Gasteiger partial charge in [-0.25, -0.2) is 4.98 Å². The number of rotatable bonds is 7. The molecule has 9 heteroatoms. The largest absolute Gasteiger partial charge is 0.497 e. The molecule has 2 aromatic carbocycles. The van der Waals surface area contributed by atoms with Gasteiger partial charge in [0.2, 0.25) is 11.8 Å². The van der Waals surface area contributed by atoms with Crippen molar-refractivity contribution in [2.75, 3.05) is 26.0 Å². The SMILES string of the molecule is COc1ccc(Cc2nnc(SCC(=O)N3CCC(c4nc5ccccc5s4)CC3)o2)cc1. The van der Waals surface area contributed by atoms with Crippen molar-refractivity contribution >= 4 is 39.2 Å². The van der Waals surface area contributed by atoms with Gasteiger partial charge in [0.15, 0.2) is 0 Å². The summed E-state index contributed by atoms with van der Waals surface area (Å²) in [7, 11) is 1.64. The summed E-state index contributed by atoms with van der Waals surface area (Å²) in [5.41, 5.74) is 2.13. The number of hydrogen-bond donors (Lipinski definition) is 0. The third-order valence-electron chi connectivity index (χ3n) is 5.79. The number of methoxy groups -OCH3 is 1. The Kier molecular flexibility index (Phi) is 6.59. The molecule has 170 valence electrons. The van der Waals surface area contributed by atoms with Crippen molar-refractivity contribution in [2.45, 2.75) is 30.4 Å². The summed E-state index contributed by atoms with van der Waals surface area (Å²) in [5, 5.41) is 9.80. The lowest BCUT2D eigenvalue weighted by molar-refractivity contribution is -0.129. The first-order valence-corrected chi connectivity index (χ1v) is 12.7. The third kappa shape index (κ3) is 5.20. The molecule has 2 aromatic heterocycles. The molecule has 5 rings (SSSR count). The number of hydrogen-bond acceptors (Lipinski definition) is 8. The number of amides is 1. The van der Waals surface area contributed by atoms with Gasteiger partial charge < -0.3 is 14.1 Å². The van der Waals surface area contributed by atoms with Crippen molar-refractivity contribution in [1.29, 1.82) is 0 Å². The van der Waals surface area contributed by atoms with Crippen LogP contribution < -0.4 is 4.74 Å². The van der Waals surface area contributed by atoms with Gasteiger partial charge in [0.05, 0.1) is 34.5 Å². The third-order valence-corrected chi connectivity index (χ3v) is 7.79. The fourth-order valence-corrected chi connectivity index (χ4v) is 5.76. The maximum Gasteiger partial charge on any atom is 0.277 e. The van der Waals surface area contributed by atoms with E-state index in [0.29, 0.717) is 29.2 Å². The van der Waals surface area contributed by atoms with E-state index >= 15 is 0 Å². The molecule has 7 nitrogen and oxygen atoms in total. The Morgan fingerprint density at radius 1 is 1.15 bits per heavy atom. The summed E-state index contributed by atoms with van der Waals surface area (Å²) >= 11 is 3.07. The molecule has 33 heavy (non-hydrogen) atoms. The number of aromatic nitrogens is 3. The van der Waals surface area contributed by atoms with Gasteiger partial charge in [0, 0.05) is 19.0 Å². The van der Waals surface area contributed by atoms with Crippen LogP contribution in [-0.4, -0.2) is 51.9 Å². The zero-order valence-corrected chi connectivity index (χ0v) is 19.9. The molecular weight excluding hydrogens is 456 g/mol. The summed E-state index contributed by atoms with van der Waals surface area (Å²) in [4.78, 5) is 19.4. The minimum atomic E-state index is 0.109. The van der Waals surface area contributed by atoms with E-state index in [0.717, 1.165) is 42.8 Å². The monoisotopic (exact) mass is 480 g/mol. The van der Waals surface area contributed by atoms with Gasteiger partial charge in [-0.2, -0.15) is 0 Å². The van der Waals surface area contributed by atoms with E-state index in [4.69, 9.17) is 14.1 Å². The second kappa shape index (κ2) is 9.93. The molecule has 0 spiro atoms. The Balaban J connectivity index is 1.10. The van der Waals surface area contributed by atoms with Gasteiger partial charge in [-0.15, -0.1) is 21.5 Å². The van der Waals surface area contributed by atoms with Gasteiger partial charge in [0.25, 0.3) is 5.22 Å². The van der Waals surface area contributed by atoms with Gasteiger partial charge in [-0.1, -0.05) is 36.0 Å². The predicted molar refractivity (Wildman–Crippen MR) is 129 cm³/mol. The summed E-state index contributed by atoms with van der Waals surface area (Å²) in [6, 6.07) is 16.0. The molecule has 0 radical (unpaired) electrons. The van der Waals surface area contributed by atoms with E-state index in [1.165, 1.54) is 21.5 Å². The Bertz CT molecular complexity index is 1200. The van der Waals surface area contributed by atoms with Crippen molar-refractivity contribution in [3.05, 3.63) is 65.0 Å². The lowest BCUT2D eigenvalue weighted by Crippen LogP contribution is -2.38. The molecule has 1 fully saturated rings. The maximum absolute atomic E-state index is 12.7. The molecule has 0 saturated carbocycles. The van der Waals surface area contributed by atoms with Gasteiger partial charge >= 0.3 is 0 Å². The highest BCUT2D eigenvalue weighted by Gasteiger charge is 2.26. The molecule has 0 aliphatic carbocycles.